The number of aromatic nitrogens is 2. The van der Waals surface area contributed by atoms with Crippen LogP contribution in [-0.4, -0.2) is 40.4 Å². The van der Waals surface area contributed by atoms with Crippen LogP contribution in [0.2, 0.25) is 0 Å². The van der Waals surface area contributed by atoms with Crippen molar-refractivity contribution >= 4 is 12.1 Å². The average Bonchev–Trinajstić information content (AvgIpc) is 3.01. The highest BCUT2D eigenvalue weighted by atomic mass is 16.6. The zero-order valence-corrected chi connectivity index (χ0v) is 14.9. The number of rotatable bonds is 5. The Morgan fingerprint density at radius 3 is 2.52 bits per heavy atom. The number of ether oxygens (including phenoxy) is 2. The summed E-state index contributed by atoms with van der Waals surface area (Å²) in [5.74, 6) is -0.555. The number of hydrogen-bond donors (Lipinski definition) is 1. The van der Waals surface area contributed by atoms with Crippen LogP contribution in [-0.2, 0) is 20.7 Å². The van der Waals surface area contributed by atoms with Gasteiger partial charge in [0.1, 0.15) is 11.6 Å². The largest absolute Gasteiger partial charge is 0.467 e. The van der Waals surface area contributed by atoms with Crippen LogP contribution in [0.4, 0.5) is 4.79 Å². The highest BCUT2D eigenvalue weighted by Crippen LogP contribution is 2.11. The van der Waals surface area contributed by atoms with Crippen LogP contribution < -0.4 is 5.32 Å². The van der Waals surface area contributed by atoms with E-state index in [-0.39, 0.29) is 6.42 Å². The zero-order valence-electron chi connectivity index (χ0n) is 14.9. The van der Waals surface area contributed by atoms with E-state index in [1.54, 1.807) is 27.1 Å². The third kappa shape index (κ3) is 5.63. The first kappa shape index (κ1) is 18.5. The Labute approximate surface area is 147 Å². The van der Waals surface area contributed by atoms with Crippen LogP contribution in [0.5, 0.6) is 0 Å². The number of nitrogens with zero attached hydrogens (tertiary/aromatic N) is 2. The van der Waals surface area contributed by atoms with Gasteiger partial charge < -0.3 is 19.4 Å². The standard InChI is InChI=1S/C18H23N3O4/c1-18(2,3)25-17(23)20-15(16(22)24-4)10-13-11-21(12-19-13)14-8-6-5-7-9-14/h5-9,11-12,15H,10H2,1-4H3,(H,20,23). The fourth-order valence-electron chi connectivity index (χ4n) is 2.20. The summed E-state index contributed by atoms with van der Waals surface area (Å²) in [6, 6.07) is 8.80. The molecule has 134 valence electrons. The van der Waals surface area contributed by atoms with Gasteiger partial charge in [0.2, 0.25) is 0 Å². The van der Waals surface area contributed by atoms with Crippen LogP contribution in [0.25, 0.3) is 5.69 Å². The smallest absolute Gasteiger partial charge is 0.408 e. The monoisotopic (exact) mass is 345 g/mol. The molecule has 0 spiro atoms. The number of imidazole rings is 1. The highest BCUT2D eigenvalue weighted by molar-refractivity contribution is 5.81. The predicted molar refractivity (Wildman–Crippen MR) is 92.4 cm³/mol. The Hall–Kier alpha value is -2.83. The number of methoxy groups -OCH3 is 1. The van der Waals surface area contributed by atoms with E-state index in [4.69, 9.17) is 9.47 Å². The van der Waals surface area contributed by atoms with Crippen molar-refractivity contribution in [1.29, 1.82) is 0 Å². The van der Waals surface area contributed by atoms with Crippen molar-refractivity contribution in [3.63, 3.8) is 0 Å². The lowest BCUT2D eigenvalue weighted by atomic mass is 10.1. The first-order valence-electron chi connectivity index (χ1n) is 7.94. The molecule has 0 aliphatic rings. The Morgan fingerprint density at radius 2 is 1.92 bits per heavy atom. The lowest BCUT2D eigenvalue weighted by Gasteiger charge is -2.22. The maximum atomic E-state index is 12.0. The van der Waals surface area contributed by atoms with Gasteiger partial charge in [-0.25, -0.2) is 14.6 Å². The molecule has 1 aromatic carbocycles. The molecule has 7 nitrogen and oxygen atoms in total. The third-order valence-corrected chi connectivity index (χ3v) is 3.28. The van der Waals surface area contributed by atoms with Gasteiger partial charge in [0.25, 0.3) is 0 Å². The fraction of sp³-hybridized carbons (Fsp3) is 0.389. The van der Waals surface area contributed by atoms with Gasteiger partial charge in [-0.2, -0.15) is 0 Å². The zero-order chi connectivity index (χ0) is 18.4. The molecule has 0 bridgehead atoms. The van der Waals surface area contributed by atoms with Gasteiger partial charge >= 0.3 is 12.1 Å². The van der Waals surface area contributed by atoms with Crippen molar-refractivity contribution in [2.75, 3.05) is 7.11 Å². The lowest BCUT2D eigenvalue weighted by Crippen LogP contribution is -2.45. The number of amides is 1. The van der Waals surface area contributed by atoms with Gasteiger partial charge in [-0.05, 0) is 32.9 Å². The highest BCUT2D eigenvalue weighted by Gasteiger charge is 2.26. The lowest BCUT2D eigenvalue weighted by molar-refractivity contribution is -0.143. The summed E-state index contributed by atoms with van der Waals surface area (Å²) in [4.78, 5) is 28.2. The van der Waals surface area contributed by atoms with Crippen molar-refractivity contribution in [3.8, 4) is 5.69 Å². The van der Waals surface area contributed by atoms with Gasteiger partial charge in [0.15, 0.2) is 0 Å². The third-order valence-electron chi connectivity index (χ3n) is 3.28. The first-order valence-corrected chi connectivity index (χ1v) is 7.94. The number of hydrogen-bond acceptors (Lipinski definition) is 5. The first-order chi connectivity index (χ1) is 11.8. The molecule has 25 heavy (non-hydrogen) atoms. The van der Waals surface area contributed by atoms with E-state index in [2.05, 4.69) is 10.3 Å². The summed E-state index contributed by atoms with van der Waals surface area (Å²) >= 11 is 0. The van der Waals surface area contributed by atoms with Crippen LogP contribution in [0.15, 0.2) is 42.9 Å². The molecule has 1 N–H and O–H groups in total. The van der Waals surface area contributed by atoms with Crippen molar-refractivity contribution in [2.45, 2.75) is 38.8 Å². The Morgan fingerprint density at radius 1 is 1.24 bits per heavy atom. The fourth-order valence-corrected chi connectivity index (χ4v) is 2.20. The van der Waals surface area contributed by atoms with E-state index in [9.17, 15) is 9.59 Å². The Balaban J connectivity index is 2.08. The average molecular weight is 345 g/mol. The minimum atomic E-state index is -0.876. The molecule has 0 aliphatic carbocycles. The summed E-state index contributed by atoms with van der Waals surface area (Å²) in [6.45, 7) is 5.25. The summed E-state index contributed by atoms with van der Waals surface area (Å²) < 4.78 is 11.8. The van der Waals surface area contributed by atoms with Crippen molar-refractivity contribution < 1.29 is 19.1 Å². The maximum absolute atomic E-state index is 12.0. The molecule has 0 saturated heterocycles. The van der Waals surface area contributed by atoms with E-state index in [1.807, 2.05) is 41.1 Å². The minimum absolute atomic E-state index is 0.200. The normalized spacial score (nSPS) is 12.3. The molecule has 1 unspecified atom stereocenters. The van der Waals surface area contributed by atoms with E-state index in [1.165, 1.54) is 7.11 Å². The summed E-state index contributed by atoms with van der Waals surface area (Å²) in [6.07, 6.45) is 2.99. The van der Waals surface area contributed by atoms with Crippen molar-refractivity contribution in [3.05, 3.63) is 48.5 Å². The molecule has 1 heterocycles. The predicted octanol–water partition coefficient (Wildman–Crippen LogP) is 2.48. The van der Waals surface area contributed by atoms with E-state index < -0.39 is 23.7 Å². The molecule has 1 amide bonds. The summed E-state index contributed by atoms with van der Waals surface area (Å²) in [5, 5.41) is 2.54. The Bertz CT molecular complexity index is 719. The van der Waals surface area contributed by atoms with Crippen LogP contribution >= 0.6 is 0 Å². The van der Waals surface area contributed by atoms with Gasteiger partial charge in [0.05, 0.1) is 19.1 Å². The minimum Gasteiger partial charge on any atom is -0.467 e. The van der Waals surface area contributed by atoms with Crippen LogP contribution in [0, 0.1) is 0 Å². The van der Waals surface area contributed by atoms with Gasteiger partial charge in [-0.15, -0.1) is 0 Å². The number of benzene rings is 1. The quantitative estimate of drug-likeness (QED) is 0.842. The molecular weight excluding hydrogens is 322 g/mol. The van der Waals surface area contributed by atoms with Gasteiger partial charge in [-0.3, -0.25) is 0 Å². The topological polar surface area (TPSA) is 82.5 Å². The molecule has 2 rings (SSSR count). The molecule has 1 atom stereocenters. The number of carbonyl (C=O) groups is 2. The number of alkyl carbamates (subject to hydrolysis) is 1. The summed E-state index contributed by atoms with van der Waals surface area (Å²) in [5.41, 5.74) is 0.950. The van der Waals surface area contributed by atoms with E-state index in [0.29, 0.717) is 5.69 Å². The second kappa shape index (κ2) is 7.83. The van der Waals surface area contributed by atoms with Crippen molar-refractivity contribution in [2.24, 2.45) is 0 Å². The second-order valence-electron chi connectivity index (χ2n) is 6.53. The molecular formula is C18H23N3O4. The van der Waals surface area contributed by atoms with E-state index in [0.717, 1.165) is 5.69 Å². The number of para-hydroxylation sites is 1. The molecule has 1 aromatic heterocycles. The SMILES string of the molecule is COC(=O)C(Cc1cn(-c2ccccc2)cn1)NC(=O)OC(C)(C)C. The van der Waals surface area contributed by atoms with Gasteiger partial charge in [-0.1, -0.05) is 18.2 Å². The number of nitrogens with one attached hydrogen (secondary N) is 1. The van der Waals surface area contributed by atoms with Crippen LogP contribution in [0.1, 0.15) is 26.5 Å². The molecule has 0 aliphatic heterocycles. The van der Waals surface area contributed by atoms with Gasteiger partial charge in [0, 0.05) is 18.3 Å². The number of carbonyl (C=O) groups excluding carboxylic acids is 2. The molecule has 0 fully saturated rings. The number of esters is 1. The molecule has 2 aromatic rings. The Kier molecular flexibility index (Phi) is 5.80. The molecule has 7 heteroatoms. The second-order valence-corrected chi connectivity index (χ2v) is 6.53. The maximum Gasteiger partial charge on any atom is 0.408 e. The molecule has 0 radical (unpaired) electrons. The van der Waals surface area contributed by atoms with Crippen LogP contribution in [0.3, 0.4) is 0 Å². The molecule has 0 saturated carbocycles. The van der Waals surface area contributed by atoms with Crippen molar-refractivity contribution in [1.82, 2.24) is 14.9 Å². The summed E-state index contributed by atoms with van der Waals surface area (Å²) in [7, 11) is 1.27. The van der Waals surface area contributed by atoms with E-state index >= 15 is 0 Å².